The first-order valence-corrected chi connectivity index (χ1v) is 5.76. The maximum Gasteiger partial charge on any atom is 0.352 e. The van der Waals surface area contributed by atoms with Crippen LogP contribution in [0.25, 0.3) is 0 Å². The highest BCUT2D eigenvalue weighted by molar-refractivity contribution is 7.93. The van der Waals surface area contributed by atoms with Gasteiger partial charge < -0.3 is 10.2 Å². The van der Waals surface area contributed by atoms with Crippen LogP contribution in [-0.4, -0.2) is 25.9 Å². The largest absolute Gasteiger partial charge is 0.388 e. The SMILES string of the molecule is CCS(=O)(CC)=Nc1nnc(N)o1. The summed E-state index contributed by atoms with van der Waals surface area (Å²) in [5, 5.41) is 6.92. The van der Waals surface area contributed by atoms with E-state index in [2.05, 4.69) is 14.6 Å². The van der Waals surface area contributed by atoms with E-state index in [1.165, 1.54) is 0 Å². The molecular weight excluding hydrogens is 192 g/mol. The van der Waals surface area contributed by atoms with E-state index in [0.717, 1.165) is 0 Å². The number of rotatable bonds is 3. The molecule has 13 heavy (non-hydrogen) atoms. The molecular formula is C6H12N4O2S. The predicted molar refractivity (Wildman–Crippen MR) is 50.0 cm³/mol. The summed E-state index contributed by atoms with van der Waals surface area (Å²) in [6.45, 7) is 3.60. The third-order valence-corrected chi connectivity index (χ3v) is 3.87. The summed E-state index contributed by atoms with van der Waals surface area (Å²) >= 11 is 0. The lowest BCUT2D eigenvalue weighted by Gasteiger charge is -1.99. The summed E-state index contributed by atoms with van der Waals surface area (Å²) in [4.78, 5) is 0. The lowest BCUT2D eigenvalue weighted by molar-refractivity contribution is 0.585. The number of nitrogens with zero attached hydrogens (tertiary/aromatic N) is 3. The molecule has 0 aliphatic heterocycles. The maximum atomic E-state index is 11.8. The van der Waals surface area contributed by atoms with Gasteiger partial charge in [-0.05, 0) is 0 Å². The van der Waals surface area contributed by atoms with Crippen molar-refractivity contribution < 1.29 is 8.63 Å². The molecule has 7 heteroatoms. The molecule has 0 radical (unpaired) electrons. The minimum atomic E-state index is -2.23. The Balaban J connectivity index is 3.05. The van der Waals surface area contributed by atoms with Gasteiger partial charge in [0.15, 0.2) is 0 Å². The van der Waals surface area contributed by atoms with E-state index in [9.17, 15) is 4.21 Å². The van der Waals surface area contributed by atoms with E-state index in [4.69, 9.17) is 10.2 Å². The number of aromatic nitrogens is 2. The van der Waals surface area contributed by atoms with Crippen LogP contribution in [0.15, 0.2) is 8.78 Å². The molecule has 0 amide bonds. The average molecular weight is 204 g/mol. The van der Waals surface area contributed by atoms with E-state index < -0.39 is 9.73 Å². The maximum absolute atomic E-state index is 11.8. The van der Waals surface area contributed by atoms with Crippen molar-refractivity contribution in [3.63, 3.8) is 0 Å². The first-order chi connectivity index (χ1) is 6.09. The molecule has 0 spiro atoms. The van der Waals surface area contributed by atoms with Crippen LogP contribution in [0.1, 0.15) is 13.8 Å². The number of hydrogen-bond donors (Lipinski definition) is 1. The van der Waals surface area contributed by atoms with Crippen LogP contribution in [0.4, 0.5) is 12.0 Å². The summed E-state index contributed by atoms with van der Waals surface area (Å²) in [5.74, 6) is 0.928. The third-order valence-electron chi connectivity index (χ3n) is 1.58. The smallest absolute Gasteiger partial charge is 0.352 e. The number of hydrogen-bond acceptors (Lipinski definition) is 6. The highest BCUT2D eigenvalue weighted by atomic mass is 32.2. The van der Waals surface area contributed by atoms with Crippen molar-refractivity contribution in [2.24, 2.45) is 4.36 Å². The fourth-order valence-corrected chi connectivity index (χ4v) is 1.76. The van der Waals surface area contributed by atoms with E-state index >= 15 is 0 Å². The van der Waals surface area contributed by atoms with Crippen LogP contribution in [-0.2, 0) is 9.73 Å². The van der Waals surface area contributed by atoms with Gasteiger partial charge in [0, 0.05) is 11.5 Å². The fourth-order valence-electron chi connectivity index (χ4n) is 0.739. The van der Waals surface area contributed by atoms with Crippen molar-refractivity contribution in [3.8, 4) is 0 Å². The van der Waals surface area contributed by atoms with Gasteiger partial charge in [0.05, 0.1) is 9.73 Å². The van der Waals surface area contributed by atoms with Gasteiger partial charge in [0.2, 0.25) is 0 Å². The van der Waals surface area contributed by atoms with Gasteiger partial charge in [0.1, 0.15) is 0 Å². The Labute approximate surface area is 76.7 Å². The topological polar surface area (TPSA) is 94.4 Å². The van der Waals surface area contributed by atoms with Crippen LogP contribution in [0.3, 0.4) is 0 Å². The van der Waals surface area contributed by atoms with E-state index in [1.54, 1.807) is 13.8 Å². The molecule has 0 unspecified atom stereocenters. The van der Waals surface area contributed by atoms with E-state index in [-0.39, 0.29) is 12.0 Å². The molecule has 0 bridgehead atoms. The number of nitrogen functional groups attached to an aromatic ring is 1. The quantitative estimate of drug-likeness (QED) is 0.785. The Morgan fingerprint density at radius 1 is 1.46 bits per heavy atom. The minimum absolute atomic E-state index is 0.00815. The van der Waals surface area contributed by atoms with Crippen molar-refractivity contribution in [2.75, 3.05) is 17.2 Å². The van der Waals surface area contributed by atoms with Gasteiger partial charge in [-0.2, -0.15) is 0 Å². The van der Waals surface area contributed by atoms with Gasteiger partial charge in [-0.15, -0.1) is 4.36 Å². The predicted octanol–water partition coefficient (Wildman–Crippen LogP) is 0.791. The molecule has 6 nitrogen and oxygen atoms in total. The summed E-state index contributed by atoms with van der Waals surface area (Å²) in [6, 6.07) is -0.0705. The Morgan fingerprint density at radius 2 is 2.08 bits per heavy atom. The van der Waals surface area contributed by atoms with Crippen molar-refractivity contribution in [3.05, 3.63) is 0 Å². The molecule has 1 heterocycles. The molecule has 0 fully saturated rings. The fraction of sp³-hybridized carbons (Fsp3) is 0.667. The van der Waals surface area contributed by atoms with Gasteiger partial charge in [-0.1, -0.05) is 24.0 Å². The van der Waals surface area contributed by atoms with Crippen LogP contribution < -0.4 is 5.73 Å². The molecule has 0 saturated heterocycles. The van der Waals surface area contributed by atoms with Crippen LogP contribution >= 0.6 is 0 Å². The molecule has 0 aliphatic carbocycles. The normalized spacial score (nSPS) is 11.5. The Morgan fingerprint density at radius 3 is 2.46 bits per heavy atom. The molecule has 0 aliphatic rings. The first kappa shape index (κ1) is 9.97. The second-order valence-electron chi connectivity index (χ2n) is 2.36. The average Bonchev–Trinajstić information content (AvgIpc) is 2.51. The highest BCUT2D eigenvalue weighted by Crippen LogP contribution is 2.13. The lowest BCUT2D eigenvalue weighted by atomic mass is 11.0. The molecule has 1 aromatic heterocycles. The van der Waals surface area contributed by atoms with E-state index in [0.29, 0.717) is 11.5 Å². The number of anilines is 1. The monoisotopic (exact) mass is 204 g/mol. The van der Waals surface area contributed by atoms with Crippen LogP contribution in [0, 0.1) is 0 Å². The molecule has 1 aromatic rings. The third kappa shape index (κ3) is 2.41. The molecule has 0 atom stereocenters. The zero-order valence-electron chi connectivity index (χ0n) is 7.56. The number of nitrogens with two attached hydrogens (primary N) is 1. The van der Waals surface area contributed by atoms with E-state index in [1.807, 2.05) is 0 Å². The van der Waals surface area contributed by atoms with Gasteiger partial charge in [-0.25, -0.2) is 4.21 Å². The second kappa shape index (κ2) is 3.73. The summed E-state index contributed by atoms with van der Waals surface area (Å²) in [7, 11) is -2.23. The van der Waals surface area contributed by atoms with Crippen molar-refractivity contribution in [1.29, 1.82) is 0 Å². The Hall–Kier alpha value is -1.11. The van der Waals surface area contributed by atoms with Gasteiger partial charge >= 0.3 is 12.0 Å². The summed E-state index contributed by atoms with van der Waals surface area (Å²) in [6.07, 6.45) is 0. The van der Waals surface area contributed by atoms with Crippen molar-refractivity contribution in [2.45, 2.75) is 13.8 Å². The Kier molecular flexibility index (Phi) is 2.86. The van der Waals surface area contributed by atoms with Crippen molar-refractivity contribution in [1.82, 2.24) is 10.2 Å². The Bertz CT molecular complexity index is 381. The van der Waals surface area contributed by atoms with Crippen molar-refractivity contribution >= 4 is 21.8 Å². The highest BCUT2D eigenvalue weighted by Gasteiger charge is 2.07. The molecule has 2 N–H and O–H groups in total. The second-order valence-corrected chi connectivity index (χ2v) is 5.25. The zero-order valence-corrected chi connectivity index (χ0v) is 8.37. The molecule has 0 saturated carbocycles. The summed E-state index contributed by atoms with van der Waals surface area (Å²) < 4.78 is 20.4. The molecule has 0 aromatic carbocycles. The minimum Gasteiger partial charge on any atom is -0.388 e. The van der Waals surface area contributed by atoms with Crippen LogP contribution in [0.2, 0.25) is 0 Å². The van der Waals surface area contributed by atoms with Gasteiger partial charge in [0.25, 0.3) is 0 Å². The molecule has 1 rings (SSSR count). The van der Waals surface area contributed by atoms with Gasteiger partial charge in [-0.3, -0.25) is 0 Å². The summed E-state index contributed by atoms with van der Waals surface area (Å²) in [5.41, 5.74) is 5.19. The van der Waals surface area contributed by atoms with Crippen LogP contribution in [0.5, 0.6) is 0 Å². The molecule has 74 valence electrons. The lowest BCUT2D eigenvalue weighted by Crippen LogP contribution is -2.04. The first-order valence-electron chi connectivity index (χ1n) is 3.91. The standard InChI is InChI=1S/C6H12N4O2S/c1-3-13(11,4-2)10-6-9-8-5(7)12-6/h3-4H2,1-2H3,(H2,7,8). The zero-order chi connectivity index (χ0) is 9.90.